The molecule has 4 nitrogen and oxygen atoms in total. The molecule has 0 amide bonds. The lowest BCUT2D eigenvalue weighted by molar-refractivity contribution is 0.0837. The number of aromatic nitrogens is 2. The van der Waals surface area contributed by atoms with Gasteiger partial charge in [0.1, 0.15) is 10.4 Å². The zero-order valence-corrected chi connectivity index (χ0v) is 9.88. The molecule has 80 valence electrons. The monoisotopic (exact) mass is 269 g/mol. The molecule has 1 fully saturated rings. The summed E-state index contributed by atoms with van der Waals surface area (Å²) >= 11 is 3.36. The molecule has 1 aliphatic rings. The maximum atomic E-state index is 8.63. The van der Waals surface area contributed by atoms with Gasteiger partial charge < -0.3 is 9.72 Å². The van der Waals surface area contributed by atoms with E-state index in [1.54, 1.807) is 0 Å². The van der Waals surface area contributed by atoms with Gasteiger partial charge in [0.25, 0.3) is 0 Å². The number of hydrogen-bond acceptors (Lipinski definition) is 3. The SMILES string of the molecule is N#CCc1[nH]c(C2CCOCC2)nc1Br. The first-order valence-corrected chi connectivity index (χ1v) is 5.79. The zero-order valence-electron chi connectivity index (χ0n) is 8.29. The van der Waals surface area contributed by atoms with Crippen molar-refractivity contribution in [1.29, 1.82) is 5.26 Å². The largest absolute Gasteiger partial charge is 0.381 e. The Kier molecular flexibility index (Phi) is 3.39. The maximum Gasteiger partial charge on any atom is 0.128 e. The summed E-state index contributed by atoms with van der Waals surface area (Å²) in [4.78, 5) is 7.62. The lowest BCUT2D eigenvalue weighted by Crippen LogP contribution is -2.15. The van der Waals surface area contributed by atoms with Crippen molar-refractivity contribution in [2.75, 3.05) is 13.2 Å². The number of nitrogens with one attached hydrogen (secondary N) is 1. The van der Waals surface area contributed by atoms with Gasteiger partial charge >= 0.3 is 0 Å². The molecule has 0 aromatic carbocycles. The summed E-state index contributed by atoms with van der Waals surface area (Å²) in [6.07, 6.45) is 2.38. The number of nitriles is 1. The van der Waals surface area contributed by atoms with E-state index < -0.39 is 0 Å². The highest BCUT2D eigenvalue weighted by atomic mass is 79.9. The van der Waals surface area contributed by atoms with E-state index in [0.29, 0.717) is 12.3 Å². The maximum absolute atomic E-state index is 8.63. The summed E-state index contributed by atoms with van der Waals surface area (Å²) in [5, 5.41) is 8.63. The van der Waals surface area contributed by atoms with Gasteiger partial charge in [-0.1, -0.05) is 0 Å². The summed E-state index contributed by atoms with van der Waals surface area (Å²) in [6, 6.07) is 2.12. The number of halogens is 1. The van der Waals surface area contributed by atoms with Crippen LogP contribution in [0.4, 0.5) is 0 Å². The fraction of sp³-hybridized carbons (Fsp3) is 0.600. The van der Waals surface area contributed by atoms with Crippen LogP contribution >= 0.6 is 15.9 Å². The molecule has 0 spiro atoms. The lowest BCUT2D eigenvalue weighted by Gasteiger charge is -2.19. The molecular formula is C10H12BrN3O. The van der Waals surface area contributed by atoms with E-state index in [1.165, 1.54) is 0 Å². The number of imidazole rings is 1. The second-order valence-corrected chi connectivity index (χ2v) is 4.36. The molecule has 0 unspecified atom stereocenters. The number of aromatic amines is 1. The van der Waals surface area contributed by atoms with Crippen LogP contribution in [0.3, 0.4) is 0 Å². The highest BCUT2D eigenvalue weighted by Gasteiger charge is 2.20. The van der Waals surface area contributed by atoms with Crippen LogP contribution in [0.1, 0.15) is 30.3 Å². The number of ether oxygens (including phenoxy) is 1. The third kappa shape index (κ3) is 2.39. The molecular weight excluding hydrogens is 258 g/mol. The van der Waals surface area contributed by atoms with Crippen molar-refractivity contribution in [3.63, 3.8) is 0 Å². The average molecular weight is 270 g/mol. The van der Waals surface area contributed by atoms with Gasteiger partial charge in [-0.2, -0.15) is 5.26 Å². The Hall–Kier alpha value is -0.860. The number of rotatable bonds is 2. The van der Waals surface area contributed by atoms with Crippen LogP contribution in [0.15, 0.2) is 4.60 Å². The molecule has 1 aromatic rings. The van der Waals surface area contributed by atoms with Crippen molar-refractivity contribution in [1.82, 2.24) is 9.97 Å². The number of H-pyrrole nitrogens is 1. The molecule has 0 radical (unpaired) electrons. The van der Waals surface area contributed by atoms with Gasteiger partial charge in [0.15, 0.2) is 0 Å². The quantitative estimate of drug-likeness (QED) is 0.895. The van der Waals surface area contributed by atoms with Crippen molar-refractivity contribution in [2.45, 2.75) is 25.2 Å². The van der Waals surface area contributed by atoms with Gasteiger partial charge in [0.2, 0.25) is 0 Å². The summed E-state index contributed by atoms with van der Waals surface area (Å²) in [6.45, 7) is 1.60. The molecule has 1 aromatic heterocycles. The fourth-order valence-electron chi connectivity index (χ4n) is 1.77. The lowest BCUT2D eigenvalue weighted by atomic mass is 10.00. The Morgan fingerprint density at radius 2 is 2.27 bits per heavy atom. The van der Waals surface area contributed by atoms with Gasteiger partial charge in [0, 0.05) is 19.1 Å². The van der Waals surface area contributed by atoms with E-state index in [2.05, 4.69) is 32.0 Å². The summed E-state index contributed by atoms with van der Waals surface area (Å²) < 4.78 is 6.07. The second-order valence-electron chi connectivity index (χ2n) is 3.61. The molecule has 0 aliphatic carbocycles. The van der Waals surface area contributed by atoms with E-state index in [-0.39, 0.29) is 0 Å². The zero-order chi connectivity index (χ0) is 10.7. The van der Waals surface area contributed by atoms with Gasteiger partial charge in [-0.3, -0.25) is 0 Å². The predicted octanol–water partition coefficient (Wildman–Crippen LogP) is 2.13. The Balaban J connectivity index is 2.14. The third-order valence-corrected chi connectivity index (χ3v) is 3.27. The first kappa shape index (κ1) is 10.7. The highest BCUT2D eigenvalue weighted by molar-refractivity contribution is 9.10. The topological polar surface area (TPSA) is 61.7 Å². The minimum atomic E-state index is 0.372. The van der Waals surface area contributed by atoms with Crippen molar-refractivity contribution in [3.05, 3.63) is 16.1 Å². The van der Waals surface area contributed by atoms with Crippen LogP contribution in [0.25, 0.3) is 0 Å². The molecule has 15 heavy (non-hydrogen) atoms. The predicted molar refractivity (Wildman–Crippen MR) is 58.4 cm³/mol. The Labute approximate surface area is 96.8 Å². The van der Waals surface area contributed by atoms with Crippen LogP contribution in [-0.4, -0.2) is 23.2 Å². The first-order valence-electron chi connectivity index (χ1n) is 5.00. The van der Waals surface area contributed by atoms with Gasteiger partial charge in [-0.25, -0.2) is 4.98 Å². The van der Waals surface area contributed by atoms with E-state index in [4.69, 9.17) is 10.00 Å². The van der Waals surface area contributed by atoms with Gasteiger partial charge in [-0.15, -0.1) is 0 Å². The van der Waals surface area contributed by atoms with E-state index >= 15 is 0 Å². The van der Waals surface area contributed by atoms with Crippen LogP contribution in [0.5, 0.6) is 0 Å². The Morgan fingerprint density at radius 1 is 1.53 bits per heavy atom. The van der Waals surface area contributed by atoms with Crippen molar-refractivity contribution >= 4 is 15.9 Å². The molecule has 2 heterocycles. The number of hydrogen-bond donors (Lipinski definition) is 1. The average Bonchev–Trinajstić information content (AvgIpc) is 2.63. The molecule has 1 N–H and O–H groups in total. The Bertz CT molecular complexity index is 377. The standard InChI is InChI=1S/C10H12BrN3O/c11-9-8(1-4-12)13-10(14-9)7-2-5-15-6-3-7/h7H,1-3,5-6H2,(H,13,14). The normalized spacial score (nSPS) is 17.6. The van der Waals surface area contributed by atoms with Crippen molar-refractivity contribution in [2.24, 2.45) is 0 Å². The molecule has 0 atom stereocenters. The van der Waals surface area contributed by atoms with Crippen molar-refractivity contribution < 1.29 is 4.74 Å². The highest BCUT2D eigenvalue weighted by Crippen LogP contribution is 2.27. The van der Waals surface area contributed by atoms with Gasteiger partial charge in [-0.05, 0) is 28.8 Å². The molecule has 0 bridgehead atoms. The minimum absolute atomic E-state index is 0.372. The Morgan fingerprint density at radius 3 is 2.93 bits per heavy atom. The van der Waals surface area contributed by atoms with Gasteiger partial charge in [0.05, 0.1) is 18.2 Å². The molecule has 2 rings (SSSR count). The second kappa shape index (κ2) is 4.77. The molecule has 0 saturated carbocycles. The molecule has 1 saturated heterocycles. The van der Waals surface area contributed by atoms with Crippen LogP contribution in [0.2, 0.25) is 0 Å². The number of nitrogens with zero attached hydrogens (tertiary/aromatic N) is 2. The summed E-state index contributed by atoms with van der Waals surface area (Å²) in [5.74, 6) is 1.43. The molecule has 1 aliphatic heterocycles. The van der Waals surface area contributed by atoms with E-state index in [9.17, 15) is 0 Å². The van der Waals surface area contributed by atoms with Crippen LogP contribution in [0, 0.1) is 11.3 Å². The van der Waals surface area contributed by atoms with E-state index in [0.717, 1.165) is 42.2 Å². The van der Waals surface area contributed by atoms with Crippen LogP contribution < -0.4 is 0 Å². The fourth-order valence-corrected chi connectivity index (χ4v) is 2.20. The smallest absolute Gasteiger partial charge is 0.128 e. The van der Waals surface area contributed by atoms with E-state index in [1.807, 2.05) is 0 Å². The third-order valence-electron chi connectivity index (χ3n) is 2.61. The molecule has 5 heteroatoms. The first-order chi connectivity index (χ1) is 7.31. The van der Waals surface area contributed by atoms with Crippen molar-refractivity contribution in [3.8, 4) is 6.07 Å². The summed E-state index contributed by atoms with van der Waals surface area (Å²) in [5.41, 5.74) is 0.874. The summed E-state index contributed by atoms with van der Waals surface area (Å²) in [7, 11) is 0. The van der Waals surface area contributed by atoms with Crippen LogP contribution in [-0.2, 0) is 11.2 Å². The minimum Gasteiger partial charge on any atom is -0.381 e.